The predicted octanol–water partition coefficient (Wildman–Crippen LogP) is 5.28. The molecule has 0 unspecified atom stereocenters. The number of carbonyl (C=O) groups is 2. The van der Waals surface area contributed by atoms with Gasteiger partial charge in [-0.05, 0) is 60.5 Å². The normalized spacial score (nSPS) is 12.4. The Hall–Kier alpha value is -4.65. The molecule has 7 nitrogen and oxygen atoms in total. The van der Waals surface area contributed by atoms with Crippen molar-refractivity contribution in [3.05, 3.63) is 107 Å². The SMILES string of the molecule is Cc1c(OCc2ccnc(-c3ccccc3COc3cccc(C(N)=O)c3)c2)ccc2c1OCCC2=O. The van der Waals surface area contributed by atoms with E-state index < -0.39 is 5.91 Å². The van der Waals surface area contributed by atoms with Gasteiger partial charge in [-0.25, -0.2) is 0 Å². The van der Waals surface area contributed by atoms with E-state index in [4.69, 9.17) is 19.9 Å². The standard InChI is InChI=1S/C30H26N2O5/c1-19-28(10-9-25-27(33)12-14-35-29(19)25)37-17-20-11-13-32-26(15-20)24-8-3-2-5-22(24)18-36-23-7-4-6-21(16-23)30(31)34/h2-11,13,15-16H,12,14,17-18H2,1H3,(H2,31,34). The van der Waals surface area contributed by atoms with Crippen LogP contribution in [-0.2, 0) is 13.2 Å². The van der Waals surface area contributed by atoms with E-state index in [-0.39, 0.29) is 5.78 Å². The van der Waals surface area contributed by atoms with Crippen molar-refractivity contribution in [3.63, 3.8) is 0 Å². The van der Waals surface area contributed by atoms with Crippen molar-refractivity contribution in [1.82, 2.24) is 4.98 Å². The van der Waals surface area contributed by atoms with Crippen LogP contribution in [0.25, 0.3) is 11.3 Å². The number of pyridine rings is 1. The van der Waals surface area contributed by atoms with E-state index in [0.717, 1.165) is 27.9 Å². The van der Waals surface area contributed by atoms with Gasteiger partial charge in [0.25, 0.3) is 0 Å². The highest BCUT2D eigenvalue weighted by molar-refractivity contribution is 6.00. The van der Waals surface area contributed by atoms with Gasteiger partial charge in [-0.3, -0.25) is 14.6 Å². The summed E-state index contributed by atoms with van der Waals surface area (Å²) in [5.74, 6) is 1.45. The Morgan fingerprint density at radius 2 is 1.84 bits per heavy atom. The number of nitrogens with zero attached hydrogens (tertiary/aromatic N) is 1. The number of nitrogens with two attached hydrogens (primary N) is 1. The summed E-state index contributed by atoms with van der Waals surface area (Å²) in [6, 6.07) is 22.2. The number of hydrogen-bond donors (Lipinski definition) is 1. The fourth-order valence-electron chi connectivity index (χ4n) is 4.28. The van der Waals surface area contributed by atoms with Crippen LogP contribution in [0.1, 0.15) is 43.8 Å². The maximum atomic E-state index is 12.1. The van der Waals surface area contributed by atoms with Crippen LogP contribution < -0.4 is 19.9 Å². The molecule has 7 heteroatoms. The molecule has 0 spiro atoms. The van der Waals surface area contributed by atoms with E-state index in [0.29, 0.717) is 54.6 Å². The first-order valence-corrected chi connectivity index (χ1v) is 12.0. The van der Waals surface area contributed by atoms with E-state index in [1.165, 1.54) is 0 Å². The number of carbonyl (C=O) groups excluding carboxylic acids is 2. The van der Waals surface area contributed by atoms with Crippen molar-refractivity contribution in [2.75, 3.05) is 6.61 Å². The highest BCUT2D eigenvalue weighted by Gasteiger charge is 2.22. The molecule has 0 saturated heterocycles. The number of ether oxygens (including phenoxy) is 3. The Bertz CT molecular complexity index is 1480. The van der Waals surface area contributed by atoms with Crippen LogP contribution in [0.4, 0.5) is 0 Å². The van der Waals surface area contributed by atoms with Crippen molar-refractivity contribution < 1.29 is 23.8 Å². The fourth-order valence-corrected chi connectivity index (χ4v) is 4.28. The molecule has 4 aromatic rings. The third-order valence-electron chi connectivity index (χ3n) is 6.26. The zero-order valence-electron chi connectivity index (χ0n) is 20.4. The fraction of sp³-hybridized carbons (Fsp3) is 0.167. The van der Waals surface area contributed by atoms with Gasteiger partial charge in [0.05, 0.1) is 17.9 Å². The number of rotatable bonds is 8. The first kappa shape index (κ1) is 24.1. The number of amides is 1. The molecule has 0 radical (unpaired) electrons. The summed E-state index contributed by atoms with van der Waals surface area (Å²) < 4.78 is 17.8. The molecular weight excluding hydrogens is 468 g/mol. The molecule has 1 amide bonds. The molecule has 2 N–H and O–H groups in total. The molecule has 0 atom stereocenters. The summed E-state index contributed by atoms with van der Waals surface area (Å²) in [6.45, 7) is 2.93. The van der Waals surface area contributed by atoms with E-state index in [9.17, 15) is 9.59 Å². The van der Waals surface area contributed by atoms with Gasteiger partial charge in [-0.15, -0.1) is 0 Å². The van der Waals surface area contributed by atoms with Crippen LogP contribution in [0, 0.1) is 6.92 Å². The van der Waals surface area contributed by atoms with Gasteiger partial charge >= 0.3 is 0 Å². The maximum absolute atomic E-state index is 12.1. The zero-order chi connectivity index (χ0) is 25.8. The molecule has 1 aliphatic rings. The summed E-state index contributed by atoms with van der Waals surface area (Å²) in [6.07, 6.45) is 2.15. The first-order valence-electron chi connectivity index (χ1n) is 12.0. The van der Waals surface area contributed by atoms with E-state index in [1.807, 2.05) is 49.4 Å². The summed E-state index contributed by atoms with van der Waals surface area (Å²) in [5, 5.41) is 0. The summed E-state index contributed by atoms with van der Waals surface area (Å²) >= 11 is 0. The van der Waals surface area contributed by atoms with Crippen molar-refractivity contribution >= 4 is 11.7 Å². The number of fused-ring (bicyclic) bond motifs is 1. The van der Waals surface area contributed by atoms with Crippen LogP contribution in [0.15, 0.2) is 79.0 Å². The molecule has 0 aliphatic carbocycles. The van der Waals surface area contributed by atoms with Crippen LogP contribution in [0.3, 0.4) is 0 Å². The molecule has 1 aliphatic heterocycles. The van der Waals surface area contributed by atoms with Gasteiger partial charge in [-0.1, -0.05) is 30.3 Å². The first-order chi connectivity index (χ1) is 18.0. The summed E-state index contributed by atoms with van der Waals surface area (Å²) in [5.41, 5.74) is 10.8. The van der Waals surface area contributed by atoms with Gasteiger partial charge in [0.2, 0.25) is 5.91 Å². The molecule has 186 valence electrons. The lowest BCUT2D eigenvalue weighted by Crippen LogP contribution is -2.16. The van der Waals surface area contributed by atoms with Gasteiger partial charge in [-0.2, -0.15) is 0 Å². The lowest BCUT2D eigenvalue weighted by atomic mass is 10.0. The average Bonchev–Trinajstić information content (AvgIpc) is 2.92. The van der Waals surface area contributed by atoms with Gasteiger partial charge in [0.15, 0.2) is 5.78 Å². The number of hydrogen-bond acceptors (Lipinski definition) is 6. The second-order valence-electron chi connectivity index (χ2n) is 8.76. The molecular formula is C30H26N2O5. The number of ketones is 1. The molecule has 1 aromatic heterocycles. The van der Waals surface area contributed by atoms with Crippen LogP contribution in [-0.4, -0.2) is 23.3 Å². The highest BCUT2D eigenvalue weighted by Crippen LogP contribution is 2.35. The van der Waals surface area contributed by atoms with Crippen molar-refractivity contribution in [2.45, 2.75) is 26.6 Å². The maximum Gasteiger partial charge on any atom is 0.248 e. The molecule has 0 fully saturated rings. The smallest absolute Gasteiger partial charge is 0.248 e. The largest absolute Gasteiger partial charge is 0.492 e. The van der Waals surface area contributed by atoms with Gasteiger partial charge in [0, 0.05) is 29.3 Å². The van der Waals surface area contributed by atoms with E-state index in [1.54, 1.807) is 36.5 Å². The minimum atomic E-state index is -0.499. The van der Waals surface area contributed by atoms with E-state index >= 15 is 0 Å². The summed E-state index contributed by atoms with van der Waals surface area (Å²) in [7, 11) is 0. The molecule has 3 aromatic carbocycles. The second kappa shape index (κ2) is 10.5. The van der Waals surface area contributed by atoms with Gasteiger partial charge < -0.3 is 19.9 Å². The molecule has 5 rings (SSSR count). The number of benzene rings is 3. The Kier molecular flexibility index (Phi) is 6.85. The number of primary amides is 1. The average molecular weight is 495 g/mol. The highest BCUT2D eigenvalue weighted by atomic mass is 16.5. The Morgan fingerprint density at radius 1 is 0.973 bits per heavy atom. The number of aromatic nitrogens is 1. The minimum absolute atomic E-state index is 0.0953. The Labute approximate surface area is 214 Å². The van der Waals surface area contributed by atoms with E-state index in [2.05, 4.69) is 4.98 Å². The zero-order valence-corrected chi connectivity index (χ0v) is 20.4. The quantitative estimate of drug-likeness (QED) is 0.358. The summed E-state index contributed by atoms with van der Waals surface area (Å²) in [4.78, 5) is 28.2. The van der Waals surface area contributed by atoms with Crippen LogP contribution >= 0.6 is 0 Å². The third kappa shape index (κ3) is 5.30. The lowest BCUT2D eigenvalue weighted by Gasteiger charge is -2.20. The number of Topliss-reactive ketones (excluding diaryl/α,β-unsaturated/α-hetero) is 1. The third-order valence-corrected chi connectivity index (χ3v) is 6.26. The molecule has 0 bridgehead atoms. The monoisotopic (exact) mass is 494 g/mol. The lowest BCUT2D eigenvalue weighted by molar-refractivity contribution is 0.0931. The molecule has 37 heavy (non-hydrogen) atoms. The van der Waals surface area contributed by atoms with Gasteiger partial charge in [0.1, 0.15) is 30.5 Å². The molecule has 2 heterocycles. The van der Waals surface area contributed by atoms with Crippen molar-refractivity contribution in [1.29, 1.82) is 0 Å². The second-order valence-corrected chi connectivity index (χ2v) is 8.76. The van der Waals surface area contributed by atoms with Crippen LogP contribution in [0.2, 0.25) is 0 Å². The topological polar surface area (TPSA) is 101 Å². The predicted molar refractivity (Wildman–Crippen MR) is 139 cm³/mol. The van der Waals surface area contributed by atoms with Crippen molar-refractivity contribution in [3.8, 4) is 28.5 Å². The van der Waals surface area contributed by atoms with Crippen LogP contribution in [0.5, 0.6) is 17.2 Å². The minimum Gasteiger partial charge on any atom is -0.492 e. The Balaban J connectivity index is 1.32. The molecule has 0 saturated carbocycles. The van der Waals surface area contributed by atoms with Crippen molar-refractivity contribution in [2.24, 2.45) is 5.73 Å². The Morgan fingerprint density at radius 3 is 2.70 bits per heavy atom.